The molecular weight excluding hydrogens is 656 g/mol. The lowest BCUT2D eigenvalue weighted by Gasteiger charge is -2.42. The number of benzene rings is 2. The van der Waals surface area contributed by atoms with Crippen molar-refractivity contribution in [3.63, 3.8) is 0 Å². The SMILES string of the molecule is CCSc1c(-c2ccc(F)cc2F)c(Cl)cc(C(=NC)N2CCN(C(=O)OC(C)(C)C)CC2C)c1N(C=O)CCC1CCN(CC)CC1. The first-order chi connectivity index (χ1) is 22.8. The van der Waals surface area contributed by atoms with Gasteiger partial charge in [0.05, 0.1) is 10.7 Å². The van der Waals surface area contributed by atoms with Gasteiger partial charge in [0.25, 0.3) is 0 Å². The molecule has 0 radical (unpaired) electrons. The highest BCUT2D eigenvalue weighted by molar-refractivity contribution is 7.99. The van der Waals surface area contributed by atoms with Crippen LogP contribution in [0.4, 0.5) is 19.3 Å². The fraction of sp³-hybridized carbons (Fsp3) is 0.583. The molecule has 2 saturated heterocycles. The number of aliphatic imine (C=N–C) groups is 1. The van der Waals surface area contributed by atoms with Crippen molar-refractivity contribution in [3.8, 4) is 11.1 Å². The molecule has 2 aromatic rings. The second kappa shape index (κ2) is 16.7. The van der Waals surface area contributed by atoms with E-state index in [9.17, 15) is 14.0 Å². The Kier molecular flexibility index (Phi) is 13.2. The summed E-state index contributed by atoms with van der Waals surface area (Å²) >= 11 is 8.50. The number of carbonyl (C=O) groups is 2. The van der Waals surface area contributed by atoms with Crippen LogP contribution in [0.25, 0.3) is 11.1 Å². The van der Waals surface area contributed by atoms with Gasteiger partial charge in [-0.05, 0) is 96.5 Å². The number of piperidine rings is 1. The molecule has 8 nitrogen and oxygen atoms in total. The maximum atomic E-state index is 15.4. The second-order valence-corrected chi connectivity index (χ2v) is 15.2. The van der Waals surface area contributed by atoms with Crippen LogP contribution in [-0.4, -0.2) is 103 Å². The third-order valence-corrected chi connectivity index (χ3v) is 10.3. The molecule has 264 valence electrons. The lowest BCUT2D eigenvalue weighted by Crippen LogP contribution is -2.56. The molecule has 1 unspecified atom stereocenters. The van der Waals surface area contributed by atoms with Gasteiger partial charge in [0.1, 0.15) is 23.1 Å². The van der Waals surface area contributed by atoms with E-state index in [0.717, 1.165) is 51.4 Å². The topological polar surface area (TPSA) is 68.7 Å². The molecule has 2 fully saturated rings. The van der Waals surface area contributed by atoms with Crippen LogP contribution in [0.2, 0.25) is 5.02 Å². The summed E-state index contributed by atoms with van der Waals surface area (Å²) in [4.78, 5) is 39.3. The number of rotatable bonds is 10. The number of piperazine rings is 1. The van der Waals surface area contributed by atoms with Gasteiger partial charge in [0, 0.05) is 66.9 Å². The van der Waals surface area contributed by atoms with Gasteiger partial charge in [0.15, 0.2) is 0 Å². The number of nitrogens with zero attached hydrogens (tertiary/aromatic N) is 5. The van der Waals surface area contributed by atoms with E-state index in [2.05, 4.69) is 16.7 Å². The number of anilines is 1. The van der Waals surface area contributed by atoms with E-state index in [0.29, 0.717) is 65.4 Å². The minimum atomic E-state index is -0.731. The molecule has 2 amide bonds. The lowest BCUT2D eigenvalue weighted by molar-refractivity contribution is -0.107. The maximum absolute atomic E-state index is 15.4. The number of halogens is 3. The van der Waals surface area contributed by atoms with E-state index in [1.165, 1.54) is 23.9 Å². The Morgan fingerprint density at radius 1 is 1.15 bits per heavy atom. The highest BCUT2D eigenvalue weighted by atomic mass is 35.5. The summed E-state index contributed by atoms with van der Waals surface area (Å²) in [6.07, 6.45) is 3.43. The van der Waals surface area contributed by atoms with Gasteiger partial charge in [-0.2, -0.15) is 0 Å². The zero-order valence-electron chi connectivity index (χ0n) is 29.3. The Hall–Kier alpha value is -2.89. The molecule has 12 heteroatoms. The number of amides is 2. The van der Waals surface area contributed by atoms with Crippen LogP contribution in [0.5, 0.6) is 0 Å². The first-order valence-corrected chi connectivity index (χ1v) is 18.3. The monoisotopic (exact) mass is 705 g/mol. The summed E-state index contributed by atoms with van der Waals surface area (Å²) in [6, 6.07) is 5.08. The van der Waals surface area contributed by atoms with Crippen molar-refractivity contribution >= 4 is 47.4 Å². The highest BCUT2D eigenvalue weighted by Gasteiger charge is 2.35. The number of thioether (sulfide) groups is 1. The van der Waals surface area contributed by atoms with Crippen molar-refractivity contribution in [1.82, 2.24) is 14.7 Å². The number of amidine groups is 1. The van der Waals surface area contributed by atoms with E-state index < -0.39 is 17.2 Å². The summed E-state index contributed by atoms with van der Waals surface area (Å²) in [5, 5.41) is 0.272. The third kappa shape index (κ3) is 9.01. The van der Waals surface area contributed by atoms with Gasteiger partial charge >= 0.3 is 6.09 Å². The maximum Gasteiger partial charge on any atom is 0.410 e. The van der Waals surface area contributed by atoms with E-state index in [1.807, 2.05) is 34.6 Å². The predicted octanol–water partition coefficient (Wildman–Crippen LogP) is 7.80. The standard InChI is InChI=1S/C36H50ClF2N5O3S/c1-8-41-15-12-25(13-16-41)14-17-43(23-45)32-28(21-29(37)31(33(32)48-9-2)27-11-10-26(38)20-30(27)39)34(40-7)44-19-18-42(22-24(44)3)35(46)47-36(4,5)6/h10-11,20-21,23-25H,8-9,12-19,22H2,1-7H3. The number of likely N-dealkylation sites (tertiary alicyclic amines) is 1. The molecule has 4 rings (SSSR count). The first-order valence-electron chi connectivity index (χ1n) is 16.9. The van der Waals surface area contributed by atoms with Gasteiger partial charge in [0.2, 0.25) is 6.41 Å². The molecular formula is C36H50ClF2N5O3S. The summed E-state index contributed by atoms with van der Waals surface area (Å²) < 4.78 is 35.1. The highest BCUT2D eigenvalue weighted by Crippen LogP contribution is 2.47. The van der Waals surface area contributed by atoms with Crippen LogP contribution in [0, 0.1) is 17.6 Å². The largest absolute Gasteiger partial charge is 0.444 e. The molecule has 48 heavy (non-hydrogen) atoms. The lowest BCUT2D eigenvalue weighted by atomic mass is 9.93. The molecule has 0 bridgehead atoms. The van der Waals surface area contributed by atoms with Crippen LogP contribution in [-0.2, 0) is 9.53 Å². The van der Waals surface area contributed by atoms with Crippen LogP contribution in [0.15, 0.2) is 34.2 Å². The first kappa shape index (κ1) is 37.9. The van der Waals surface area contributed by atoms with Crippen LogP contribution in [0.1, 0.15) is 66.4 Å². The number of ether oxygens (including phenoxy) is 1. The average molecular weight is 706 g/mol. The third-order valence-electron chi connectivity index (χ3n) is 9.05. The normalized spacial score (nSPS) is 18.3. The van der Waals surface area contributed by atoms with E-state index in [4.69, 9.17) is 21.3 Å². The Morgan fingerprint density at radius 3 is 2.42 bits per heavy atom. The molecule has 2 heterocycles. The average Bonchev–Trinajstić information content (AvgIpc) is 3.03. The Labute approximate surface area is 293 Å². The van der Waals surface area contributed by atoms with Crippen molar-refractivity contribution in [3.05, 3.63) is 46.5 Å². The zero-order valence-corrected chi connectivity index (χ0v) is 30.9. The molecule has 0 saturated carbocycles. The number of hydrogen-bond acceptors (Lipinski definition) is 6. The van der Waals surface area contributed by atoms with Crippen molar-refractivity contribution in [2.24, 2.45) is 10.9 Å². The van der Waals surface area contributed by atoms with E-state index in [-0.39, 0.29) is 22.7 Å². The minimum Gasteiger partial charge on any atom is -0.444 e. The second-order valence-electron chi connectivity index (χ2n) is 13.5. The Morgan fingerprint density at radius 2 is 1.85 bits per heavy atom. The fourth-order valence-corrected chi connectivity index (χ4v) is 7.98. The van der Waals surface area contributed by atoms with Crippen LogP contribution >= 0.6 is 23.4 Å². The number of carbonyl (C=O) groups excluding carboxylic acids is 2. The van der Waals surface area contributed by atoms with Gasteiger partial charge < -0.3 is 24.3 Å². The fourth-order valence-electron chi connectivity index (χ4n) is 6.60. The molecule has 0 aliphatic carbocycles. The molecule has 2 aliphatic rings. The van der Waals surface area contributed by atoms with Crippen LogP contribution in [0.3, 0.4) is 0 Å². The summed E-state index contributed by atoms with van der Waals surface area (Å²) in [7, 11) is 1.70. The predicted molar refractivity (Wildman–Crippen MR) is 193 cm³/mol. The molecule has 0 spiro atoms. The Bertz CT molecular complexity index is 1480. The summed E-state index contributed by atoms with van der Waals surface area (Å²) in [6.45, 7) is 16.6. The molecule has 0 aromatic heterocycles. The van der Waals surface area contributed by atoms with E-state index >= 15 is 4.39 Å². The number of hydrogen-bond donors (Lipinski definition) is 0. The van der Waals surface area contributed by atoms with E-state index in [1.54, 1.807) is 22.9 Å². The summed E-state index contributed by atoms with van der Waals surface area (Å²) in [5.41, 5.74) is 1.23. The van der Waals surface area contributed by atoms with Crippen molar-refractivity contribution in [1.29, 1.82) is 0 Å². The van der Waals surface area contributed by atoms with Crippen molar-refractivity contribution < 1.29 is 23.1 Å². The molecule has 0 N–H and O–H groups in total. The van der Waals surface area contributed by atoms with Gasteiger partial charge in [-0.15, -0.1) is 11.8 Å². The minimum absolute atomic E-state index is 0.137. The van der Waals surface area contributed by atoms with Gasteiger partial charge in [-0.1, -0.05) is 25.4 Å². The van der Waals surface area contributed by atoms with Crippen molar-refractivity contribution in [2.75, 3.05) is 63.5 Å². The van der Waals surface area contributed by atoms with Crippen LogP contribution < -0.4 is 4.90 Å². The van der Waals surface area contributed by atoms with Crippen molar-refractivity contribution in [2.45, 2.75) is 77.3 Å². The van der Waals surface area contributed by atoms with Gasteiger partial charge in [-0.25, -0.2) is 13.6 Å². The van der Waals surface area contributed by atoms with Gasteiger partial charge in [-0.3, -0.25) is 9.79 Å². The quantitative estimate of drug-likeness (QED) is 0.109. The summed E-state index contributed by atoms with van der Waals surface area (Å²) in [5.74, 6) is 0.300. The molecule has 2 aromatic carbocycles. The smallest absolute Gasteiger partial charge is 0.410 e. The Balaban J connectivity index is 1.79. The molecule has 2 aliphatic heterocycles. The molecule has 1 atom stereocenters. The zero-order chi connectivity index (χ0) is 35.2.